The Morgan fingerprint density at radius 2 is 1.81 bits per heavy atom. The molecule has 0 aliphatic carbocycles. The lowest BCUT2D eigenvalue weighted by atomic mass is 9.99. The molecule has 3 aromatic rings. The number of carbonyl (C=O) groups excluding carboxylic acids is 1. The number of hydrogen-bond donors (Lipinski definition) is 0. The Morgan fingerprint density at radius 1 is 1.05 bits per heavy atom. The lowest BCUT2D eigenvalue weighted by Crippen LogP contribution is -2.05. The van der Waals surface area contributed by atoms with Crippen LogP contribution in [0.15, 0.2) is 47.8 Å². The van der Waals surface area contributed by atoms with Crippen molar-refractivity contribution >= 4 is 27.7 Å². The maximum Gasteiger partial charge on any atom is 0.416 e. The van der Waals surface area contributed by atoms with E-state index >= 15 is 0 Å². The fourth-order valence-electron chi connectivity index (χ4n) is 2.24. The van der Waals surface area contributed by atoms with Gasteiger partial charge in [-0.25, -0.2) is 0 Å². The van der Waals surface area contributed by atoms with Crippen molar-refractivity contribution in [2.24, 2.45) is 0 Å². The highest BCUT2D eigenvalue weighted by Gasteiger charge is 2.31. The minimum absolute atomic E-state index is 0.0232. The van der Waals surface area contributed by atoms with Crippen LogP contribution in [0.3, 0.4) is 0 Å². The van der Waals surface area contributed by atoms with Crippen molar-refractivity contribution in [3.63, 3.8) is 0 Å². The van der Waals surface area contributed by atoms with Crippen LogP contribution in [0.25, 0.3) is 21.2 Å². The fraction of sp³-hybridized carbons (Fsp3) is 0.0625. The number of fused-ring (bicyclic) bond motifs is 1. The molecule has 0 amide bonds. The quantitative estimate of drug-likeness (QED) is 0.579. The normalized spacial score (nSPS) is 11.8. The van der Waals surface area contributed by atoms with Crippen LogP contribution in [0.4, 0.5) is 13.2 Å². The monoisotopic (exact) mass is 306 g/mol. The SMILES string of the molecule is O=Cc1cc(-c2csc3ccccc23)cc(C(F)(F)F)c1. The second kappa shape index (κ2) is 5.00. The van der Waals surface area contributed by atoms with Crippen LogP contribution in [0.5, 0.6) is 0 Å². The van der Waals surface area contributed by atoms with Crippen LogP contribution in [-0.2, 0) is 6.18 Å². The minimum atomic E-state index is -4.47. The van der Waals surface area contributed by atoms with Crippen LogP contribution in [0, 0.1) is 0 Å². The number of rotatable bonds is 2. The largest absolute Gasteiger partial charge is 0.416 e. The van der Waals surface area contributed by atoms with Crippen molar-refractivity contribution in [3.8, 4) is 11.1 Å². The number of thiophene rings is 1. The first-order chi connectivity index (χ1) is 9.99. The Hall–Kier alpha value is -2.14. The predicted molar refractivity (Wildman–Crippen MR) is 77.7 cm³/mol. The Bertz CT molecular complexity index is 818. The van der Waals surface area contributed by atoms with Crippen molar-refractivity contribution in [2.45, 2.75) is 6.18 Å². The maximum absolute atomic E-state index is 12.9. The summed E-state index contributed by atoms with van der Waals surface area (Å²) in [7, 11) is 0. The average molecular weight is 306 g/mol. The molecule has 0 saturated heterocycles. The molecule has 0 fully saturated rings. The summed E-state index contributed by atoms with van der Waals surface area (Å²) in [6, 6.07) is 10.9. The first-order valence-electron chi connectivity index (χ1n) is 6.13. The predicted octanol–water partition coefficient (Wildman–Crippen LogP) is 5.40. The van der Waals surface area contributed by atoms with E-state index in [9.17, 15) is 18.0 Å². The third kappa shape index (κ3) is 2.56. The molecule has 0 aliphatic heterocycles. The molecule has 0 spiro atoms. The van der Waals surface area contributed by atoms with Crippen LogP contribution in [0.1, 0.15) is 15.9 Å². The van der Waals surface area contributed by atoms with Gasteiger partial charge in [-0.3, -0.25) is 4.79 Å². The topological polar surface area (TPSA) is 17.1 Å². The molecule has 0 bridgehead atoms. The molecule has 5 heteroatoms. The molecule has 3 rings (SSSR count). The number of alkyl halides is 3. The molecule has 2 aromatic carbocycles. The zero-order valence-electron chi connectivity index (χ0n) is 10.6. The van der Waals surface area contributed by atoms with Crippen molar-refractivity contribution < 1.29 is 18.0 Å². The summed E-state index contributed by atoms with van der Waals surface area (Å²) in [5.41, 5.74) is 0.335. The molecule has 106 valence electrons. The molecule has 1 aromatic heterocycles. The van der Waals surface area contributed by atoms with Gasteiger partial charge in [-0.05, 0) is 35.2 Å². The second-order valence-corrected chi connectivity index (χ2v) is 5.52. The number of benzene rings is 2. The first kappa shape index (κ1) is 13.8. The average Bonchev–Trinajstić information content (AvgIpc) is 2.89. The van der Waals surface area contributed by atoms with Gasteiger partial charge in [0.25, 0.3) is 0 Å². The minimum Gasteiger partial charge on any atom is -0.298 e. The van der Waals surface area contributed by atoms with Gasteiger partial charge in [0, 0.05) is 21.2 Å². The number of hydrogen-bond acceptors (Lipinski definition) is 2. The Labute approximate surface area is 122 Å². The molecule has 1 nitrogen and oxygen atoms in total. The van der Waals surface area contributed by atoms with E-state index < -0.39 is 11.7 Å². The molecule has 21 heavy (non-hydrogen) atoms. The van der Waals surface area contributed by atoms with E-state index in [0.717, 1.165) is 22.2 Å². The Kier molecular flexibility index (Phi) is 3.29. The fourth-order valence-corrected chi connectivity index (χ4v) is 3.21. The highest BCUT2D eigenvalue weighted by Crippen LogP contribution is 2.37. The lowest BCUT2D eigenvalue weighted by Gasteiger charge is -2.10. The third-order valence-corrected chi connectivity index (χ3v) is 4.17. The van der Waals surface area contributed by atoms with Gasteiger partial charge in [-0.1, -0.05) is 18.2 Å². The van der Waals surface area contributed by atoms with E-state index in [-0.39, 0.29) is 5.56 Å². The molecular weight excluding hydrogens is 297 g/mol. The summed E-state index contributed by atoms with van der Waals surface area (Å²) in [6.45, 7) is 0. The molecular formula is C16H9F3OS. The summed E-state index contributed by atoms with van der Waals surface area (Å²) in [5.74, 6) is 0. The van der Waals surface area contributed by atoms with Crippen LogP contribution in [0.2, 0.25) is 0 Å². The molecule has 1 heterocycles. The standard InChI is InChI=1S/C16H9F3OS/c17-16(18,19)12-6-10(8-20)5-11(7-12)14-9-21-15-4-2-1-3-13(14)15/h1-9H. The first-order valence-corrected chi connectivity index (χ1v) is 7.01. The summed E-state index contributed by atoms with van der Waals surface area (Å²) in [6.07, 6.45) is -4.03. The summed E-state index contributed by atoms with van der Waals surface area (Å²) >= 11 is 1.47. The van der Waals surface area contributed by atoms with Crippen LogP contribution in [-0.4, -0.2) is 6.29 Å². The van der Waals surface area contributed by atoms with Gasteiger partial charge in [0.05, 0.1) is 5.56 Å². The van der Waals surface area contributed by atoms with Gasteiger partial charge >= 0.3 is 6.18 Å². The van der Waals surface area contributed by atoms with E-state index in [2.05, 4.69) is 0 Å². The number of halogens is 3. The second-order valence-electron chi connectivity index (χ2n) is 4.60. The molecule has 0 N–H and O–H groups in total. The lowest BCUT2D eigenvalue weighted by molar-refractivity contribution is -0.137. The highest BCUT2D eigenvalue weighted by atomic mass is 32.1. The van der Waals surface area contributed by atoms with Gasteiger partial charge in [-0.2, -0.15) is 13.2 Å². The van der Waals surface area contributed by atoms with E-state index in [1.165, 1.54) is 17.4 Å². The summed E-state index contributed by atoms with van der Waals surface area (Å²) in [5, 5.41) is 2.70. The summed E-state index contributed by atoms with van der Waals surface area (Å²) in [4.78, 5) is 10.9. The molecule has 0 atom stereocenters. The molecule has 0 saturated carbocycles. The highest BCUT2D eigenvalue weighted by molar-refractivity contribution is 7.17. The maximum atomic E-state index is 12.9. The van der Waals surface area contributed by atoms with E-state index in [4.69, 9.17) is 0 Å². The zero-order chi connectivity index (χ0) is 15.0. The zero-order valence-corrected chi connectivity index (χ0v) is 11.5. The van der Waals surface area contributed by atoms with Crippen molar-refractivity contribution in [1.29, 1.82) is 0 Å². The number of aldehydes is 1. The molecule has 0 aliphatic rings. The van der Waals surface area contributed by atoms with E-state index in [1.807, 2.05) is 29.6 Å². The van der Waals surface area contributed by atoms with Gasteiger partial charge < -0.3 is 0 Å². The summed E-state index contributed by atoms with van der Waals surface area (Å²) < 4.78 is 39.8. The van der Waals surface area contributed by atoms with Crippen molar-refractivity contribution in [1.82, 2.24) is 0 Å². The Morgan fingerprint density at radius 3 is 2.52 bits per heavy atom. The van der Waals surface area contributed by atoms with Crippen LogP contribution < -0.4 is 0 Å². The van der Waals surface area contributed by atoms with E-state index in [0.29, 0.717) is 17.4 Å². The van der Waals surface area contributed by atoms with Gasteiger partial charge in [-0.15, -0.1) is 11.3 Å². The molecule has 0 unspecified atom stereocenters. The third-order valence-electron chi connectivity index (χ3n) is 3.21. The number of carbonyl (C=O) groups is 1. The molecule has 0 radical (unpaired) electrons. The smallest absolute Gasteiger partial charge is 0.298 e. The van der Waals surface area contributed by atoms with Gasteiger partial charge in [0.2, 0.25) is 0 Å². The van der Waals surface area contributed by atoms with Gasteiger partial charge in [0.15, 0.2) is 0 Å². The van der Waals surface area contributed by atoms with E-state index in [1.54, 1.807) is 0 Å². The Balaban J connectivity index is 2.24. The van der Waals surface area contributed by atoms with Crippen molar-refractivity contribution in [2.75, 3.05) is 0 Å². The van der Waals surface area contributed by atoms with Crippen LogP contribution >= 0.6 is 11.3 Å². The van der Waals surface area contributed by atoms with Crippen molar-refractivity contribution in [3.05, 3.63) is 59.0 Å². The van der Waals surface area contributed by atoms with Gasteiger partial charge in [0.1, 0.15) is 6.29 Å².